The number of nitrogens with two attached hydrogens (primary N) is 1. The van der Waals surface area contributed by atoms with E-state index < -0.39 is 6.04 Å². The van der Waals surface area contributed by atoms with Crippen molar-refractivity contribution >= 4 is 10.9 Å². The Hall–Kier alpha value is -2.30. The van der Waals surface area contributed by atoms with E-state index in [-0.39, 0.29) is 5.82 Å². The zero-order valence-electron chi connectivity index (χ0n) is 11.7. The molecule has 0 aliphatic rings. The number of hydrazine groups is 1. The highest BCUT2D eigenvalue weighted by atomic mass is 19.1. The molecule has 0 fully saturated rings. The molecule has 0 aliphatic heterocycles. The van der Waals surface area contributed by atoms with Crippen LogP contribution in [-0.2, 0) is 0 Å². The van der Waals surface area contributed by atoms with Gasteiger partial charge in [0.25, 0.3) is 0 Å². The number of fused-ring (bicyclic) bond motifs is 1. The van der Waals surface area contributed by atoms with Gasteiger partial charge < -0.3 is 0 Å². The minimum atomic E-state index is -0.393. The third-order valence-corrected chi connectivity index (χ3v) is 3.59. The predicted molar refractivity (Wildman–Crippen MR) is 82.0 cm³/mol. The number of hydrogen-bond donors (Lipinski definition) is 2. The molecule has 0 bridgehead atoms. The van der Waals surface area contributed by atoms with Gasteiger partial charge in [-0.2, -0.15) is 0 Å². The Labute approximate surface area is 122 Å². The molecule has 3 nitrogen and oxygen atoms in total. The summed E-state index contributed by atoms with van der Waals surface area (Å²) in [6.07, 6.45) is 1.75. The highest BCUT2D eigenvalue weighted by molar-refractivity contribution is 5.79. The van der Waals surface area contributed by atoms with Crippen LogP contribution in [0.1, 0.15) is 22.7 Å². The fourth-order valence-electron chi connectivity index (χ4n) is 2.51. The molecule has 1 unspecified atom stereocenters. The predicted octanol–water partition coefficient (Wildman–Crippen LogP) is 3.24. The van der Waals surface area contributed by atoms with E-state index in [1.807, 2.05) is 43.3 Å². The van der Waals surface area contributed by atoms with Gasteiger partial charge in [-0.1, -0.05) is 24.3 Å². The molecule has 3 N–H and O–H groups in total. The van der Waals surface area contributed by atoms with Crippen molar-refractivity contribution in [2.24, 2.45) is 5.84 Å². The van der Waals surface area contributed by atoms with Crippen molar-refractivity contribution in [1.82, 2.24) is 10.4 Å². The van der Waals surface area contributed by atoms with Crippen molar-refractivity contribution < 1.29 is 4.39 Å². The molecule has 21 heavy (non-hydrogen) atoms. The Morgan fingerprint density at radius 3 is 2.76 bits per heavy atom. The van der Waals surface area contributed by atoms with Crippen molar-refractivity contribution in [2.75, 3.05) is 0 Å². The Morgan fingerprint density at radius 1 is 1.14 bits per heavy atom. The number of aryl methyl sites for hydroxylation is 1. The van der Waals surface area contributed by atoms with E-state index in [0.717, 1.165) is 22.0 Å². The molecule has 0 saturated carbocycles. The van der Waals surface area contributed by atoms with Crippen LogP contribution in [0, 0.1) is 12.7 Å². The van der Waals surface area contributed by atoms with Crippen molar-refractivity contribution in [3.63, 3.8) is 0 Å². The fourth-order valence-corrected chi connectivity index (χ4v) is 2.51. The van der Waals surface area contributed by atoms with Crippen LogP contribution in [0.2, 0.25) is 0 Å². The number of hydrogen-bond acceptors (Lipinski definition) is 3. The molecule has 3 rings (SSSR count). The van der Waals surface area contributed by atoms with Crippen LogP contribution in [0.4, 0.5) is 4.39 Å². The average molecular weight is 281 g/mol. The Kier molecular flexibility index (Phi) is 3.64. The lowest BCUT2D eigenvalue weighted by Crippen LogP contribution is -2.29. The highest BCUT2D eigenvalue weighted by Crippen LogP contribution is 2.26. The van der Waals surface area contributed by atoms with E-state index in [2.05, 4.69) is 10.4 Å². The summed E-state index contributed by atoms with van der Waals surface area (Å²) in [4.78, 5) is 4.28. The number of benzene rings is 2. The second kappa shape index (κ2) is 5.60. The molecule has 0 aliphatic carbocycles. The zero-order valence-corrected chi connectivity index (χ0v) is 11.7. The number of nitrogens with one attached hydrogen (secondary N) is 1. The molecular weight excluding hydrogens is 265 g/mol. The van der Waals surface area contributed by atoms with Gasteiger partial charge in [0.2, 0.25) is 0 Å². The second-order valence-electron chi connectivity index (χ2n) is 5.08. The molecule has 1 atom stereocenters. The molecule has 106 valence electrons. The molecule has 1 heterocycles. The number of aromatic nitrogens is 1. The summed E-state index contributed by atoms with van der Waals surface area (Å²) < 4.78 is 14.2. The summed E-state index contributed by atoms with van der Waals surface area (Å²) in [5, 5.41) is 1.00. The van der Waals surface area contributed by atoms with Crippen LogP contribution in [0.25, 0.3) is 10.9 Å². The number of rotatable bonds is 3. The Balaban J connectivity index is 2.09. The SMILES string of the molecule is Cc1ccc(C(NN)c2ccc3ncccc3c2)c(F)c1. The van der Waals surface area contributed by atoms with Gasteiger partial charge in [-0.25, -0.2) is 9.82 Å². The van der Waals surface area contributed by atoms with E-state index in [0.29, 0.717) is 5.56 Å². The van der Waals surface area contributed by atoms with Crippen molar-refractivity contribution in [3.05, 3.63) is 77.2 Å². The van der Waals surface area contributed by atoms with Crippen molar-refractivity contribution in [3.8, 4) is 0 Å². The van der Waals surface area contributed by atoms with E-state index in [1.165, 1.54) is 6.07 Å². The van der Waals surface area contributed by atoms with Crippen molar-refractivity contribution in [2.45, 2.75) is 13.0 Å². The molecule has 2 aromatic carbocycles. The quantitative estimate of drug-likeness (QED) is 0.572. The van der Waals surface area contributed by atoms with Crippen LogP contribution < -0.4 is 11.3 Å². The van der Waals surface area contributed by atoms with Crippen LogP contribution in [0.15, 0.2) is 54.7 Å². The van der Waals surface area contributed by atoms with Crippen LogP contribution in [-0.4, -0.2) is 4.98 Å². The summed E-state index contributed by atoms with van der Waals surface area (Å²) >= 11 is 0. The molecule has 0 radical (unpaired) electrons. The van der Waals surface area contributed by atoms with Crippen molar-refractivity contribution in [1.29, 1.82) is 0 Å². The van der Waals surface area contributed by atoms with E-state index in [9.17, 15) is 4.39 Å². The fraction of sp³-hybridized carbons (Fsp3) is 0.118. The smallest absolute Gasteiger partial charge is 0.128 e. The monoisotopic (exact) mass is 281 g/mol. The maximum absolute atomic E-state index is 14.2. The van der Waals surface area contributed by atoms with Gasteiger partial charge in [-0.15, -0.1) is 0 Å². The number of nitrogens with zero attached hydrogens (tertiary/aromatic N) is 1. The van der Waals surface area contributed by atoms with Gasteiger partial charge in [0.15, 0.2) is 0 Å². The molecule has 1 aromatic heterocycles. The second-order valence-corrected chi connectivity index (χ2v) is 5.08. The lowest BCUT2D eigenvalue weighted by Gasteiger charge is -2.18. The lowest BCUT2D eigenvalue weighted by atomic mass is 9.96. The average Bonchev–Trinajstić information content (AvgIpc) is 2.50. The standard InChI is InChI=1S/C17H16FN3/c1-11-4-6-14(15(18)9-11)17(21-19)13-5-7-16-12(10-13)3-2-8-20-16/h2-10,17,21H,19H2,1H3. The maximum Gasteiger partial charge on any atom is 0.128 e. The van der Waals surface area contributed by atoms with Gasteiger partial charge in [0, 0.05) is 17.1 Å². The molecule has 3 aromatic rings. The number of halogens is 1. The summed E-state index contributed by atoms with van der Waals surface area (Å²) in [5.41, 5.74) is 5.92. The third kappa shape index (κ3) is 2.63. The summed E-state index contributed by atoms with van der Waals surface area (Å²) in [5.74, 6) is 5.40. The lowest BCUT2D eigenvalue weighted by molar-refractivity contribution is 0.559. The zero-order chi connectivity index (χ0) is 14.8. The Bertz CT molecular complexity index is 786. The molecule has 0 spiro atoms. The first-order valence-electron chi connectivity index (χ1n) is 6.76. The topological polar surface area (TPSA) is 50.9 Å². The van der Waals surface area contributed by atoms with Gasteiger partial charge in [0.1, 0.15) is 5.82 Å². The van der Waals surface area contributed by atoms with Crippen LogP contribution >= 0.6 is 0 Å². The highest BCUT2D eigenvalue weighted by Gasteiger charge is 2.17. The van der Waals surface area contributed by atoms with Gasteiger partial charge in [-0.3, -0.25) is 10.8 Å². The van der Waals surface area contributed by atoms with E-state index in [1.54, 1.807) is 12.3 Å². The van der Waals surface area contributed by atoms with Gasteiger partial charge in [-0.05, 0) is 42.3 Å². The molecule has 4 heteroatoms. The molecular formula is C17H16FN3. The minimum absolute atomic E-state index is 0.260. The van der Waals surface area contributed by atoms with Crippen LogP contribution in [0.3, 0.4) is 0 Å². The first-order chi connectivity index (χ1) is 10.2. The largest absolute Gasteiger partial charge is 0.271 e. The van der Waals surface area contributed by atoms with Crippen LogP contribution in [0.5, 0.6) is 0 Å². The van der Waals surface area contributed by atoms with E-state index in [4.69, 9.17) is 5.84 Å². The van der Waals surface area contributed by atoms with Gasteiger partial charge in [0.05, 0.1) is 11.6 Å². The normalized spacial score (nSPS) is 12.5. The summed E-state index contributed by atoms with van der Waals surface area (Å²) in [6, 6.07) is 14.4. The number of pyridine rings is 1. The first kappa shape index (κ1) is 13.7. The molecule has 0 saturated heterocycles. The summed E-state index contributed by atoms with van der Waals surface area (Å²) in [7, 11) is 0. The Morgan fingerprint density at radius 2 is 2.00 bits per heavy atom. The first-order valence-corrected chi connectivity index (χ1v) is 6.76. The summed E-state index contributed by atoms with van der Waals surface area (Å²) in [6.45, 7) is 1.86. The molecule has 0 amide bonds. The van der Waals surface area contributed by atoms with Gasteiger partial charge >= 0.3 is 0 Å². The minimum Gasteiger partial charge on any atom is -0.271 e. The maximum atomic E-state index is 14.2. The van der Waals surface area contributed by atoms with E-state index >= 15 is 0 Å². The third-order valence-electron chi connectivity index (χ3n) is 3.59.